The lowest BCUT2D eigenvalue weighted by Gasteiger charge is -2.18. The van der Waals surface area contributed by atoms with Gasteiger partial charge in [-0.1, -0.05) is 141 Å². The fourth-order valence-corrected chi connectivity index (χ4v) is 5.51. The maximum absolute atomic E-state index is 12.3. The molecule has 46 heavy (non-hydrogen) atoms. The Morgan fingerprint density at radius 2 is 0.957 bits per heavy atom. The third-order valence-electron chi connectivity index (χ3n) is 7.96. The Hall–Kier alpha value is -1.47. The van der Waals surface area contributed by atoms with Crippen molar-refractivity contribution >= 4 is 19.8 Å². The normalized spacial score (nSPS) is 12.7. The van der Waals surface area contributed by atoms with E-state index in [4.69, 9.17) is 19.3 Å². The Kier molecular flexibility index (Phi) is 32.4. The summed E-state index contributed by atoms with van der Waals surface area (Å²) in [7, 11) is -4.76. The first-order valence-electron chi connectivity index (χ1n) is 18.6. The van der Waals surface area contributed by atoms with Crippen LogP contribution in [0.2, 0.25) is 0 Å². The van der Waals surface area contributed by atoms with E-state index in [1.54, 1.807) is 0 Å². The number of rotatable bonds is 34. The summed E-state index contributed by atoms with van der Waals surface area (Å²) in [5.41, 5.74) is 0. The Morgan fingerprint density at radius 3 is 1.41 bits per heavy atom. The van der Waals surface area contributed by atoms with E-state index in [9.17, 15) is 14.2 Å². The SMILES string of the molecule is CCCCCCCC/C=C/CCCCCC(=O)OC[C@H](COP(=O)(O)O)OC(=O)CC/C=C/CCCCCCCCCCCCC. The van der Waals surface area contributed by atoms with Crippen molar-refractivity contribution in [2.45, 2.75) is 187 Å². The molecule has 1 atom stereocenters. The smallest absolute Gasteiger partial charge is 0.462 e. The van der Waals surface area contributed by atoms with Crippen LogP contribution in [0.1, 0.15) is 181 Å². The zero-order valence-electron chi connectivity index (χ0n) is 29.5. The molecule has 0 aromatic carbocycles. The zero-order valence-corrected chi connectivity index (χ0v) is 30.4. The molecule has 0 heterocycles. The van der Waals surface area contributed by atoms with E-state index >= 15 is 0 Å². The standard InChI is InChI=1S/C37H69O8P/c1-3-5-7-9-11-13-15-17-18-20-22-24-26-28-30-32-37(39)45-35(34-44-46(40,41)42)33-43-36(38)31-29-27-25-23-21-19-16-14-12-10-8-6-4-2/h19,21,26,28,35H,3-18,20,22-25,27,29-34H2,1-2H3,(H2,40,41,42)/b21-19+,28-26+/t35-/m1/s1. The highest BCUT2D eigenvalue weighted by atomic mass is 31.2. The molecule has 0 bridgehead atoms. The van der Waals surface area contributed by atoms with Gasteiger partial charge < -0.3 is 19.3 Å². The summed E-state index contributed by atoms with van der Waals surface area (Å²) in [6.45, 7) is 3.62. The molecule has 0 saturated carbocycles. The Balaban J connectivity index is 4.03. The Morgan fingerprint density at radius 1 is 0.543 bits per heavy atom. The average Bonchev–Trinajstić information content (AvgIpc) is 3.02. The van der Waals surface area contributed by atoms with Crippen LogP contribution in [0.15, 0.2) is 24.3 Å². The number of phosphoric acid groups is 1. The molecule has 0 aromatic rings. The van der Waals surface area contributed by atoms with Crippen LogP contribution in [-0.2, 0) is 28.2 Å². The van der Waals surface area contributed by atoms with E-state index in [0.717, 1.165) is 38.5 Å². The van der Waals surface area contributed by atoms with Crippen LogP contribution in [0.4, 0.5) is 0 Å². The summed E-state index contributed by atoms with van der Waals surface area (Å²) >= 11 is 0. The molecule has 0 unspecified atom stereocenters. The molecule has 9 heteroatoms. The number of allylic oxidation sites excluding steroid dienone is 4. The van der Waals surface area contributed by atoms with Crippen molar-refractivity contribution in [3.05, 3.63) is 24.3 Å². The van der Waals surface area contributed by atoms with E-state index in [0.29, 0.717) is 12.8 Å². The van der Waals surface area contributed by atoms with Crippen molar-refractivity contribution in [2.75, 3.05) is 13.2 Å². The monoisotopic (exact) mass is 672 g/mol. The van der Waals surface area contributed by atoms with Crippen molar-refractivity contribution in [2.24, 2.45) is 0 Å². The largest absolute Gasteiger partial charge is 0.469 e. The lowest BCUT2D eigenvalue weighted by Crippen LogP contribution is -2.29. The van der Waals surface area contributed by atoms with Crippen LogP contribution >= 0.6 is 7.82 Å². The van der Waals surface area contributed by atoms with Gasteiger partial charge in [0, 0.05) is 12.8 Å². The van der Waals surface area contributed by atoms with Gasteiger partial charge in [-0.3, -0.25) is 14.1 Å². The van der Waals surface area contributed by atoms with Gasteiger partial charge in [0.05, 0.1) is 6.61 Å². The van der Waals surface area contributed by atoms with E-state index in [-0.39, 0.29) is 19.4 Å². The van der Waals surface area contributed by atoms with Gasteiger partial charge >= 0.3 is 19.8 Å². The third-order valence-corrected chi connectivity index (χ3v) is 8.44. The van der Waals surface area contributed by atoms with Gasteiger partial charge in [-0.25, -0.2) is 4.57 Å². The second kappa shape index (κ2) is 33.4. The fourth-order valence-electron chi connectivity index (χ4n) is 5.15. The molecule has 0 aliphatic carbocycles. The van der Waals surface area contributed by atoms with Crippen molar-refractivity contribution in [3.8, 4) is 0 Å². The van der Waals surface area contributed by atoms with Crippen molar-refractivity contribution in [1.29, 1.82) is 0 Å². The summed E-state index contributed by atoms with van der Waals surface area (Å²) in [6, 6.07) is 0. The van der Waals surface area contributed by atoms with Gasteiger partial charge in [0.25, 0.3) is 0 Å². The molecule has 0 aliphatic heterocycles. The minimum Gasteiger partial charge on any atom is -0.462 e. The Labute approximate surface area is 281 Å². The van der Waals surface area contributed by atoms with Crippen LogP contribution in [0.25, 0.3) is 0 Å². The number of hydrogen-bond donors (Lipinski definition) is 2. The quantitative estimate of drug-likeness (QED) is 0.0300. The number of hydrogen-bond acceptors (Lipinski definition) is 6. The highest BCUT2D eigenvalue weighted by molar-refractivity contribution is 7.46. The molecule has 0 saturated heterocycles. The second-order valence-electron chi connectivity index (χ2n) is 12.5. The maximum Gasteiger partial charge on any atom is 0.469 e. The topological polar surface area (TPSA) is 119 Å². The first-order valence-corrected chi connectivity index (χ1v) is 20.2. The summed E-state index contributed by atoms with van der Waals surface area (Å²) in [4.78, 5) is 42.6. The van der Waals surface area contributed by atoms with Crippen LogP contribution in [0.5, 0.6) is 0 Å². The minimum atomic E-state index is -4.76. The molecule has 8 nitrogen and oxygen atoms in total. The van der Waals surface area contributed by atoms with Gasteiger partial charge in [0.1, 0.15) is 6.61 Å². The first kappa shape index (κ1) is 44.5. The number of carbonyl (C=O) groups excluding carboxylic acids is 2. The molecular weight excluding hydrogens is 603 g/mol. The van der Waals surface area contributed by atoms with E-state index < -0.39 is 32.5 Å². The zero-order chi connectivity index (χ0) is 34.0. The molecule has 0 fully saturated rings. The highest BCUT2D eigenvalue weighted by Crippen LogP contribution is 2.35. The van der Waals surface area contributed by atoms with Crippen LogP contribution in [-0.4, -0.2) is 41.0 Å². The maximum atomic E-state index is 12.3. The summed E-state index contributed by atoms with van der Waals surface area (Å²) in [5, 5.41) is 0. The molecule has 2 N–H and O–H groups in total. The van der Waals surface area contributed by atoms with Crippen LogP contribution < -0.4 is 0 Å². The van der Waals surface area contributed by atoms with Gasteiger partial charge in [-0.15, -0.1) is 0 Å². The van der Waals surface area contributed by atoms with Crippen LogP contribution in [0, 0.1) is 0 Å². The number of phosphoric ester groups is 1. The van der Waals surface area contributed by atoms with Gasteiger partial charge in [-0.2, -0.15) is 0 Å². The molecule has 0 rings (SSSR count). The van der Waals surface area contributed by atoms with E-state index in [1.165, 1.54) is 103 Å². The van der Waals surface area contributed by atoms with Crippen LogP contribution in [0.3, 0.4) is 0 Å². The summed E-state index contributed by atoms with van der Waals surface area (Å²) in [6.07, 6.45) is 36.3. The molecule has 270 valence electrons. The average molecular weight is 673 g/mol. The Bertz CT molecular complexity index is 807. The predicted molar refractivity (Wildman–Crippen MR) is 189 cm³/mol. The van der Waals surface area contributed by atoms with Crippen molar-refractivity contribution < 1.29 is 37.9 Å². The van der Waals surface area contributed by atoms with Gasteiger partial charge in [0.2, 0.25) is 0 Å². The van der Waals surface area contributed by atoms with Gasteiger partial charge in [0.15, 0.2) is 6.10 Å². The first-order chi connectivity index (χ1) is 22.3. The number of esters is 2. The fraction of sp³-hybridized carbons (Fsp3) is 0.838. The van der Waals surface area contributed by atoms with E-state index in [1.807, 2.05) is 6.08 Å². The molecule has 0 amide bonds. The molecular formula is C37H69O8P. The molecule has 0 aromatic heterocycles. The third kappa shape index (κ3) is 35.4. The number of ether oxygens (including phenoxy) is 2. The predicted octanol–water partition coefficient (Wildman–Crippen LogP) is 10.8. The number of unbranched alkanes of at least 4 members (excludes halogenated alkanes) is 20. The highest BCUT2D eigenvalue weighted by Gasteiger charge is 2.22. The summed E-state index contributed by atoms with van der Waals surface area (Å²) in [5.74, 6) is -0.958. The van der Waals surface area contributed by atoms with E-state index in [2.05, 4.69) is 36.6 Å². The van der Waals surface area contributed by atoms with Crippen molar-refractivity contribution in [3.63, 3.8) is 0 Å². The lowest BCUT2D eigenvalue weighted by atomic mass is 10.1. The molecule has 0 radical (unpaired) electrons. The molecule has 0 aliphatic rings. The second-order valence-corrected chi connectivity index (χ2v) is 13.8. The molecule has 0 spiro atoms. The van der Waals surface area contributed by atoms with Gasteiger partial charge in [-0.05, 0) is 51.4 Å². The summed E-state index contributed by atoms with van der Waals surface area (Å²) < 4.78 is 26.2. The minimum absolute atomic E-state index is 0.127. The number of carbonyl (C=O) groups is 2. The van der Waals surface area contributed by atoms with Crippen molar-refractivity contribution in [1.82, 2.24) is 0 Å². The lowest BCUT2D eigenvalue weighted by molar-refractivity contribution is -0.161.